The molecule has 1 saturated carbocycles. The molecule has 0 amide bonds. The molecular weight excluding hydrogens is 216 g/mol. The molecule has 2 rings (SSSR count). The van der Waals surface area contributed by atoms with Crippen LogP contribution in [0.3, 0.4) is 0 Å². The number of phenolic OH excluding ortho intramolecular Hbond substituents is 1. The smallest absolute Gasteiger partial charge is 0.309 e. The van der Waals surface area contributed by atoms with Gasteiger partial charge >= 0.3 is 5.97 Å². The normalized spacial score (nSPS) is 22.3. The highest BCUT2D eigenvalue weighted by Crippen LogP contribution is 2.50. The highest BCUT2D eigenvalue weighted by atomic mass is 16.5. The van der Waals surface area contributed by atoms with Crippen LogP contribution in [0.4, 0.5) is 0 Å². The van der Waals surface area contributed by atoms with Gasteiger partial charge in [-0.1, -0.05) is 6.07 Å². The molecule has 3 nitrogen and oxygen atoms in total. The molecule has 0 spiro atoms. The Bertz CT molecular complexity index is 451. The van der Waals surface area contributed by atoms with E-state index >= 15 is 0 Å². The minimum absolute atomic E-state index is 0.0117. The molecule has 0 aliphatic heterocycles. The number of esters is 1. The van der Waals surface area contributed by atoms with Crippen molar-refractivity contribution >= 4 is 5.97 Å². The number of phenols is 1. The van der Waals surface area contributed by atoms with Gasteiger partial charge in [-0.2, -0.15) is 0 Å². The fraction of sp³-hybridized carbons (Fsp3) is 0.500. The van der Waals surface area contributed by atoms with Crippen molar-refractivity contribution in [3.8, 4) is 5.75 Å². The van der Waals surface area contributed by atoms with E-state index < -0.39 is 0 Å². The van der Waals surface area contributed by atoms with E-state index in [1.165, 1.54) is 5.56 Å². The Labute approximate surface area is 101 Å². The standard InChI is InChI=1S/C14H18O3/c1-4-17-14(16)12-7-11(12)10-5-6-13(15)9(3)8(10)2/h5-6,11-12,15H,4,7H2,1-3H3. The molecule has 2 atom stereocenters. The van der Waals surface area contributed by atoms with Crippen LogP contribution in [0, 0.1) is 19.8 Å². The second kappa shape index (κ2) is 4.40. The second-order valence-corrected chi connectivity index (χ2v) is 4.62. The average Bonchev–Trinajstić information content (AvgIpc) is 3.06. The van der Waals surface area contributed by atoms with Crippen LogP contribution in [0.1, 0.15) is 36.0 Å². The number of benzene rings is 1. The van der Waals surface area contributed by atoms with E-state index in [4.69, 9.17) is 4.74 Å². The van der Waals surface area contributed by atoms with E-state index in [2.05, 4.69) is 0 Å². The van der Waals surface area contributed by atoms with Crippen molar-refractivity contribution in [3.05, 3.63) is 28.8 Å². The first kappa shape index (κ1) is 12.0. The predicted molar refractivity (Wildman–Crippen MR) is 65.1 cm³/mol. The number of hydrogen-bond acceptors (Lipinski definition) is 3. The van der Waals surface area contributed by atoms with Gasteiger partial charge in [0.25, 0.3) is 0 Å². The van der Waals surface area contributed by atoms with Crippen molar-refractivity contribution in [2.24, 2.45) is 5.92 Å². The number of aromatic hydroxyl groups is 1. The Balaban J connectivity index is 2.16. The van der Waals surface area contributed by atoms with Gasteiger partial charge in [0.2, 0.25) is 0 Å². The van der Waals surface area contributed by atoms with Crippen LogP contribution in [0.15, 0.2) is 12.1 Å². The van der Waals surface area contributed by atoms with E-state index in [-0.39, 0.29) is 17.8 Å². The molecule has 0 saturated heterocycles. The van der Waals surface area contributed by atoms with E-state index in [0.717, 1.165) is 17.5 Å². The van der Waals surface area contributed by atoms with Gasteiger partial charge in [0.1, 0.15) is 5.75 Å². The molecule has 0 heterocycles. The number of rotatable bonds is 3. The monoisotopic (exact) mass is 234 g/mol. The number of carbonyl (C=O) groups is 1. The summed E-state index contributed by atoms with van der Waals surface area (Å²) in [4.78, 5) is 11.6. The van der Waals surface area contributed by atoms with Gasteiger partial charge < -0.3 is 9.84 Å². The Kier molecular flexibility index (Phi) is 3.09. The van der Waals surface area contributed by atoms with Crippen molar-refractivity contribution in [1.29, 1.82) is 0 Å². The van der Waals surface area contributed by atoms with E-state index in [0.29, 0.717) is 12.4 Å². The molecule has 1 fully saturated rings. The Hall–Kier alpha value is -1.51. The number of ether oxygens (including phenoxy) is 1. The summed E-state index contributed by atoms with van der Waals surface area (Å²) in [7, 11) is 0. The SMILES string of the molecule is CCOC(=O)C1CC1c1ccc(O)c(C)c1C. The molecule has 0 aromatic heterocycles. The molecule has 0 bridgehead atoms. The number of hydrogen-bond donors (Lipinski definition) is 1. The first-order chi connectivity index (χ1) is 8.06. The largest absolute Gasteiger partial charge is 0.508 e. The number of carbonyl (C=O) groups excluding carboxylic acids is 1. The fourth-order valence-corrected chi connectivity index (χ4v) is 2.28. The van der Waals surface area contributed by atoms with Crippen molar-refractivity contribution < 1.29 is 14.6 Å². The minimum atomic E-state index is -0.0948. The van der Waals surface area contributed by atoms with Crippen molar-refractivity contribution in [2.75, 3.05) is 6.61 Å². The summed E-state index contributed by atoms with van der Waals surface area (Å²) in [6.45, 7) is 6.15. The lowest BCUT2D eigenvalue weighted by Gasteiger charge is -2.09. The molecule has 92 valence electrons. The van der Waals surface area contributed by atoms with Gasteiger partial charge in [-0.15, -0.1) is 0 Å². The first-order valence-corrected chi connectivity index (χ1v) is 6.02. The molecule has 1 N–H and O–H groups in total. The molecule has 2 unspecified atom stereocenters. The quantitative estimate of drug-likeness (QED) is 0.818. The van der Waals surface area contributed by atoms with Gasteiger partial charge in [0.15, 0.2) is 0 Å². The van der Waals surface area contributed by atoms with Crippen LogP contribution in [-0.2, 0) is 9.53 Å². The molecule has 1 aliphatic carbocycles. The van der Waals surface area contributed by atoms with Crippen LogP contribution in [0.2, 0.25) is 0 Å². The maximum atomic E-state index is 11.6. The summed E-state index contributed by atoms with van der Waals surface area (Å²) in [5.74, 6) is 0.508. The molecule has 3 heteroatoms. The molecule has 1 aromatic rings. The van der Waals surface area contributed by atoms with Crippen molar-refractivity contribution in [3.63, 3.8) is 0 Å². The topological polar surface area (TPSA) is 46.5 Å². The van der Waals surface area contributed by atoms with Crippen LogP contribution >= 0.6 is 0 Å². The fourth-order valence-electron chi connectivity index (χ4n) is 2.28. The molecule has 0 radical (unpaired) electrons. The lowest BCUT2D eigenvalue weighted by Crippen LogP contribution is -2.07. The summed E-state index contributed by atoms with van der Waals surface area (Å²) < 4.78 is 5.02. The highest BCUT2D eigenvalue weighted by molar-refractivity contribution is 5.77. The lowest BCUT2D eigenvalue weighted by molar-refractivity contribution is -0.144. The van der Waals surface area contributed by atoms with E-state index in [9.17, 15) is 9.90 Å². The summed E-state index contributed by atoms with van der Waals surface area (Å²) in [6.07, 6.45) is 0.865. The minimum Gasteiger partial charge on any atom is -0.508 e. The highest BCUT2D eigenvalue weighted by Gasteiger charge is 2.45. The second-order valence-electron chi connectivity index (χ2n) is 4.62. The summed E-state index contributed by atoms with van der Waals surface area (Å²) in [5, 5.41) is 9.59. The van der Waals surface area contributed by atoms with Crippen LogP contribution in [-0.4, -0.2) is 17.7 Å². The zero-order chi connectivity index (χ0) is 12.6. The first-order valence-electron chi connectivity index (χ1n) is 6.02. The predicted octanol–water partition coefficient (Wildman–Crippen LogP) is 2.68. The van der Waals surface area contributed by atoms with Crippen LogP contribution < -0.4 is 0 Å². The summed E-state index contributed by atoms with van der Waals surface area (Å²) in [6, 6.07) is 3.62. The van der Waals surface area contributed by atoms with Gasteiger partial charge in [0.05, 0.1) is 12.5 Å². The van der Waals surface area contributed by atoms with E-state index in [1.807, 2.05) is 26.8 Å². The Morgan fingerprint density at radius 1 is 1.41 bits per heavy atom. The van der Waals surface area contributed by atoms with Gasteiger partial charge in [-0.3, -0.25) is 4.79 Å². The molecular formula is C14H18O3. The molecule has 1 aliphatic rings. The third-order valence-corrected chi connectivity index (χ3v) is 3.58. The molecule has 17 heavy (non-hydrogen) atoms. The summed E-state index contributed by atoms with van der Waals surface area (Å²) >= 11 is 0. The van der Waals surface area contributed by atoms with Gasteiger partial charge in [-0.25, -0.2) is 0 Å². The van der Waals surface area contributed by atoms with Crippen molar-refractivity contribution in [1.82, 2.24) is 0 Å². The van der Waals surface area contributed by atoms with Crippen LogP contribution in [0.5, 0.6) is 5.75 Å². The third kappa shape index (κ3) is 2.14. The zero-order valence-corrected chi connectivity index (χ0v) is 10.5. The summed E-state index contributed by atoms with van der Waals surface area (Å²) in [5.41, 5.74) is 3.15. The Morgan fingerprint density at radius 3 is 2.76 bits per heavy atom. The third-order valence-electron chi connectivity index (χ3n) is 3.58. The Morgan fingerprint density at radius 2 is 2.12 bits per heavy atom. The lowest BCUT2D eigenvalue weighted by atomic mass is 9.98. The van der Waals surface area contributed by atoms with Gasteiger partial charge in [-0.05, 0) is 55.9 Å². The molecule has 1 aromatic carbocycles. The van der Waals surface area contributed by atoms with Crippen LogP contribution in [0.25, 0.3) is 0 Å². The zero-order valence-electron chi connectivity index (χ0n) is 10.5. The maximum absolute atomic E-state index is 11.6. The van der Waals surface area contributed by atoms with Crippen molar-refractivity contribution in [2.45, 2.75) is 33.1 Å². The van der Waals surface area contributed by atoms with E-state index in [1.54, 1.807) is 6.07 Å². The average molecular weight is 234 g/mol. The van der Waals surface area contributed by atoms with Gasteiger partial charge in [0, 0.05) is 0 Å². The maximum Gasteiger partial charge on any atom is 0.309 e.